The minimum atomic E-state index is 0.147. The number of carbonyl (C=O) groups is 1. The van der Waals surface area contributed by atoms with Crippen LogP contribution < -0.4 is 5.32 Å². The van der Waals surface area contributed by atoms with Crippen LogP contribution in [0.3, 0.4) is 0 Å². The van der Waals surface area contributed by atoms with Gasteiger partial charge in [0.1, 0.15) is 0 Å². The lowest BCUT2D eigenvalue weighted by Crippen LogP contribution is -2.43. The standard InChI is InChI=1S/C8H14N2O/c1-10-5-6-3-2-4-9-7(6)8(10)11/h6-7,9H,2-5H2,1H3. The second-order valence-corrected chi connectivity index (χ2v) is 3.55. The summed E-state index contributed by atoms with van der Waals surface area (Å²) in [6.07, 6.45) is 2.44. The summed E-state index contributed by atoms with van der Waals surface area (Å²) in [5.74, 6) is 0.871. The van der Waals surface area contributed by atoms with Crippen molar-refractivity contribution in [3.8, 4) is 0 Å². The Labute approximate surface area is 66.8 Å². The van der Waals surface area contributed by atoms with Crippen molar-refractivity contribution in [2.45, 2.75) is 18.9 Å². The highest BCUT2D eigenvalue weighted by Gasteiger charge is 2.39. The molecular weight excluding hydrogens is 140 g/mol. The number of nitrogens with one attached hydrogen (secondary N) is 1. The molecule has 0 spiro atoms. The van der Waals surface area contributed by atoms with Crippen LogP contribution in [0.1, 0.15) is 12.8 Å². The molecule has 0 aromatic carbocycles. The molecule has 2 rings (SSSR count). The normalized spacial score (nSPS) is 37.5. The molecule has 2 aliphatic rings. The highest BCUT2D eigenvalue weighted by molar-refractivity contribution is 5.84. The highest BCUT2D eigenvalue weighted by atomic mass is 16.2. The maximum absolute atomic E-state index is 11.4. The fourth-order valence-electron chi connectivity index (χ4n) is 2.12. The minimum absolute atomic E-state index is 0.147. The molecule has 2 fully saturated rings. The van der Waals surface area contributed by atoms with Crippen LogP contribution >= 0.6 is 0 Å². The van der Waals surface area contributed by atoms with E-state index in [9.17, 15) is 4.79 Å². The molecule has 0 aromatic rings. The Morgan fingerprint density at radius 1 is 1.64 bits per heavy atom. The summed E-state index contributed by atoms with van der Waals surface area (Å²) < 4.78 is 0. The average Bonchev–Trinajstić information content (AvgIpc) is 2.30. The van der Waals surface area contributed by atoms with Gasteiger partial charge in [-0.25, -0.2) is 0 Å². The van der Waals surface area contributed by atoms with Gasteiger partial charge in [-0.2, -0.15) is 0 Å². The maximum atomic E-state index is 11.4. The summed E-state index contributed by atoms with van der Waals surface area (Å²) in [6, 6.07) is 0.147. The van der Waals surface area contributed by atoms with Crippen molar-refractivity contribution in [1.29, 1.82) is 0 Å². The lowest BCUT2D eigenvalue weighted by atomic mass is 9.94. The smallest absolute Gasteiger partial charge is 0.239 e. The van der Waals surface area contributed by atoms with Crippen LogP contribution in [-0.2, 0) is 4.79 Å². The van der Waals surface area contributed by atoms with Crippen LogP contribution in [0.4, 0.5) is 0 Å². The molecule has 2 saturated heterocycles. The number of amides is 1. The zero-order valence-electron chi connectivity index (χ0n) is 6.84. The Kier molecular flexibility index (Phi) is 1.60. The van der Waals surface area contributed by atoms with Crippen LogP contribution in [0.2, 0.25) is 0 Å². The van der Waals surface area contributed by atoms with Crippen molar-refractivity contribution >= 4 is 5.91 Å². The molecule has 2 unspecified atom stereocenters. The number of rotatable bonds is 0. The van der Waals surface area contributed by atoms with Crippen LogP contribution in [0, 0.1) is 5.92 Å². The van der Waals surface area contributed by atoms with E-state index in [1.165, 1.54) is 12.8 Å². The van der Waals surface area contributed by atoms with E-state index in [1.54, 1.807) is 0 Å². The Bertz CT molecular complexity index is 181. The Hall–Kier alpha value is -0.570. The van der Waals surface area contributed by atoms with Crippen molar-refractivity contribution in [2.24, 2.45) is 5.92 Å². The molecule has 1 amide bonds. The first-order valence-electron chi connectivity index (χ1n) is 4.27. The summed E-state index contributed by atoms with van der Waals surface area (Å²) in [5.41, 5.74) is 0. The molecule has 2 heterocycles. The summed E-state index contributed by atoms with van der Waals surface area (Å²) in [6.45, 7) is 1.97. The van der Waals surface area contributed by atoms with E-state index in [0.717, 1.165) is 13.1 Å². The quantitative estimate of drug-likeness (QED) is 0.525. The van der Waals surface area contributed by atoms with Crippen molar-refractivity contribution in [3.05, 3.63) is 0 Å². The van der Waals surface area contributed by atoms with Gasteiger partial charge in [0.25, 0.3) is 0 Å². The first kappa shape index (κ1) is 7.10. The van der Waals surface area contributed by atoms with Crippen LogP contribution in [0.15, 0.2) is 0 Å². The number of carbonyl (C=O) groups excluding carboxylic acids is 1. The number of piperidine rings is 1. The molecule has 2 aliphatic heterocycles. The molecule has 0 radical (unpaired) electrons. The number of hydrogen-bond donors (Lipinski definition) is 1. The summed E-state index contributed by atoms with van der Waals surface area (Å²) in [7, 11) is 1.89. The number of nitrogens with zero attached hydrogens (tertiary/aromatic N) is 1. The van der Waals surface area contributed by atoms with Gasteiger partial charge in [-0.15, -0.1) is 0 Å². The van der Waals surface area contributed by atoms with Gasteiger partial charge in [0.2, 0.25) is 5.91 Å². The van der Waals surface area contributed by atoms with E-state index in [4.69, 9.17) is 0 Å². The molecular formula is C8H14N2O. The fourth-order valence-corrected chi connectivity index (χ4v) is 2.12. The molecule has 62 valence electrons. The van der Waals surface area contributed by atoms with Crippen molar-refractivity contribution < 1.29 is 4.79 Å². The predicted octanol–water partition coefficient (Wildman–Crippen LogP) is -0.173. The average molecular weight is 154 g/mol. The number of fused-ring (bicyclic) bond motifs is 1. The monoisotopic (exact) mass is 154 g/mol. The van der Waals surface area contributed by atoms with E-state index in [0.29, 0.717) is 5.92 Å². The van der Waals surface area contributed by atoms with Crippen LogP contribution in [-0.4, -0.2) is 37.0 Å². The van der Waals surface area contributed by atoms with Gasteiger partial charge in [0, 0.05) is 19.5 Å². The first-order valence-corrected chi connectivity index (χ1v) is 4.27. The molecule has 2 atom stereocenters. The third-order valence-electron chi connectivity index (χ3n) is 2.74. The molecule has 0 bridgehead atoms. The topological polar surface area (TPSA) is 32.3 Å². The Morgan fingerprint density at radius 3 is 3.18 bits per heavy atom. The number of likely N-dealkylation sites (tertiary alicyclic amines) is 1. The third-order valence-corrected chi connectivity index (χ3v) is 2.74. The maximum Gasteiger partial charge on any atom is 0.239 e. The van der Waals surface area contributed by atoms with Crippen molar-refractivity contribution in [3.63, 3.8) is 0 Å². The predicted molar refractivity (Wildman–Crippen MR) is 42.2 cm³/mol. The van der Waals surface area contributed by atoms with E-state index in [2.05, 4.69) is 5.32 Å². The summed E-state index contributed by atoms with van der Waals surface area (Å²) in [5, 5.41) is 3.27. The first-order chi connectivity index (χ1) is 5.29. The van der Waals surface area contributed by atoms with E-state index in [1.807, 2.05) is 11.9 Å². The van der Waals surface area contributed by atoms with Gasteiger partial charge in [0.15, 0.2) is 0 Å². The van der Waals surface area contributed by atoms with Crippen molar-refractivity contribution in [1.82, 2.24) is 10.2 Å². The Balaban J connectivity index is 2.11. The van der Waals surface area contributed by atoms with Gasteiger partial charge in [-0.05, 0) is 19.4 Å². The fraction of sp³-hybridized carbons (Fsp3) is 0.875. The van der Waals surface area contributed by atoms with E-state index >= 15 is 0 Å². The zero-order valence-corrected chi connectivity index (χ0v) is 6.84. The largest absolute Gasteiger partial charge is 0.344 e. The van der Waals surface area contributed by atoms with Crippen LogP contribution in [0.25, 0.3) is 0 Å². The van der Waals surface area contributed by atoms with Gasteiger partial charge in [-0.1, -0.05) is 0 Å². The van der Waals surface area contributed by atoms with Crippen LogP contribution in [0.5, 0.6) is 0 Å². The van der Waals surface area contributed by atoms with Gasteiger partial charge >= 0.3 is 0 Å². The molecule has 3 heteroatoms. The Morgan fingerprint density at radius 2 is 2.45 bits per heavy atom. The minimum Gasteiger partial charge on any atom is -0.344 e. The van der Waals surface area contributed by atoms with Gasteiger partial charge < -0.3 is 10.2 Å². The molecule has 0 aromatic heterocycles. The molecule has 0 saturated carbocycles. The van der Waals surface area contributed by atoms with Gasteiger partial charge in [0.05, 0.1) is 6.04 Å². The lowest BCUT2D eigenvalue weighted by Gasteiger charge is -2.23. The van der Waals surface area contributed by atoms with E-state index < -0.39 is 0 Å². The van der Waals surface area contributed by atoms with E-state index in [-0.39, 0.29) is 11.9 Å². The molecule has 0 aliphatic carbocycles. The SMILES string of the molecule is CN1CC2CCCNC2C1=O. The second-order valence-electron chi connectivity index (χ2n) is 3.55. The molecule has 11 heavy (non-hydrogen) atoms. The van der Waals surface area contributed by atoms with Crippen molar-refractivity contribution in [2.75, 3.05) is 20.1 Å². The highest BCUT2D eigenvalue weighted by Crippen LogP contribution is 2.24. The summed E-state index contributed by atoms with van der Waals surface area (Å²) in [4.78, 5) is 13.2. The molecule has 3 nitrogen and oxygen atoms in total. The second kappa shape index (κ2) is 2.48. The zero-order chi connectivity index (χ0) is 7.84. The summed E-state index contributed by atoms with van der Waals surface area (Å²) >= 11 is 0. The number of likely N-dealkylation sites (N-methyl/N-ethyl adjacent to an activating group) is 1. The number of hydrogen-bond acceptors (Lipinski definition) is 2. The van der Waals surface area contributed by atoms with Gasteiger partial charge in [-0.3, -0.25) is 4.79 Å². The molecule has 1 N–H and O–H groups in total. The third kappa shape index (κ3) is 1.03. The lowest BCUT2D eigenvalue weighted by molar-refractivity contribution is -0.128.